The van der Waals surface area contributed by atoms with E-state index in [1.54, 1.807) is 35.0 Å². The van der Waals surface area contributed by atoms with Crippen molar-refractivity contribution in [2.45, 2.75) is 37.2 Å². The van der Waals surface area contributed by atoms with E-state index < -0.39 is 56.9 Å². The van der Waals surface area contributed by atoms with Gasteiger partial charge < -0.3 is 15.0 Å². The number of ether oxygens (including phenoxy) is 1. The molecule has 4 aliphatic rings. The Labute approximate surface area is 377 Å². The first kappa shape index (κ1) is 44.2. The number of carbonyl (C=O) groups is 5. The molecule has 0 spiro atoms. The Morgan fingerprint density at radius 2 is 1.71 bits per heavy atom. The van der Waals surface area contributed by atoms with E-state index in [-0.39, 0.29) is 59.4 Å². The maximum Gasteiger partial charge on any atom is 0.267 e. The molecule has 7 heterocycles. The number of piperazine rings is 1. The van der Waals surface area contributed by atoms with Crippen LogP contribution in [0.15, 0.2) is 77.6 Å². The van der Waals surface area contributed by atoms with Crippen LogP contribution in [-0.4, -0.2) is 139 Å². The van der Waals surface area contributed by atoms with Gasteiger partial charge in [-0.25, -0.2) is 27.6 Å². The lowest BCUT2D eigenvalue weighted by atomic mass is 10.0. The first-order chi connectivity index (χ1) is 31.7. The number of rotatable bonds is 13. The number of piperidine rings is 1. The van der Waals surface area contributed by atoms with Crippen LogP contribution >= 0.6 is 0 Å². The predicted molar refractivity (Wildman–Crippen MR) is 235 cm³/mol. The van der Waals surface area contributed by atoms with Gasteiger partial charge in [-0.3, -0.25) is 44.0 Å². The molecule has 0 saturated carbocycles. The molecule has 0 aliphatic carbocycles. The maximum absolute atomic E-state index is 14.8. The van der Waals surface area contributed by atoms with Crippen LogP contribution in [0.5, 0.6) is 5.75 Å². The van der Waals surface area contributed by atoms with Crippen LogP contribution in [0.4, 0.5) is 26.1 Å². The van der Waals surface area contributed by atoms with Gasteiger partial charge in [-0.1, -0.05) is 11.3 Å². The lowest BCUT2D eigenvalue weighted by Gasteiger charge is -2.41. The zero-order valence-electron chi connectivity index (χ0n) is 35.9. The monoisotopic (exact) mass is 922 g/mol. The summed E-state index contributed by atoms with van der Waals surface area (Å²) in [5.74, 6) is -3.09. The van der Waals surface area contributed by atoms with Crippen molar-refractivity contribution in [2.75, 3.05) is 69.4 Å². The molecule has 0 bridgehead atoms. The minimum Gasteiger partial charge on any atom is -0.496 e. The van der Waals surface area contributed by atoms with Crippen LogP contribution in [0.3, 0.4) is 0 Å². The Bertz CT molecular complexity index is 2910. The molecule has 2 unspecified atom stereocenters. The number of hydrogen-bond donors (Lipinski definition) is 2. The fourth-order valence-corrected chi connectivity index (χ4v) is 9.97. The minimum atomic E-state index is -2.97. The van der Waals surface area contributed by atoms with Crippen LogP contribution in [0.1, 0.15) is 50.9 Å². The third kappa shape index (κ3) is 9.24. The average Bonchev–Trinajstić information content (AvgIpc) is 3.82. The van der Waals surface area contributed by atoms with Gasteiger partial charge in [0.15, 0.2) is 0 Å². The Balaban J connectivity index is 0.742. The molecule has 4 aliphatic heterocycles. The Morgan fingerprint density at radius 1 is 0.939 bits per heavy atom. The van der Waals surface area contributed by atoms with E-state index >= 15 is 0 Å². The number of methoxy groups -OCH3 is 1. The van der Waals surface area contributed by atoms with Crippen LogP contribution < -0.4 is 20.3 Å². The zero-order chi connectivity index (χ0) is 46.3. The van der Waals surface area contributed by atoms with Crippen LogP contribution in [-0.2, 0) is 36.4 Å². The van der Waals surface area contributed by atoms with E-state index in [4.69, 9.17) is 4.74 Å². The summed E-state index contributed by atoms with van der Waals surface area (Å²) in [6.45, 7) is 4.12. The van der Waals surface area contributed by atoms with Crippen LogP contribution in [0.2, 0.25) is 0 Å². The summed E-state index contributed by atoms with van der Waals surface area (Å²) in [5, 5.41) is 14.0. The summed E-state index contributed by atoms with van der Waals surface area (Å²) in [6, 6.07) is 12.6. The van der Waals surface area contributed by atoms with Gasteiger partial charge in [-0.15, -0.1) is 5.10 Å². The van der Waals surface area contributed by atoms with Crippen molar-refractivity contribution in [3.8, 4) is 16.9 Å². The highest BCUT2D eigenvalue weighted by Crippen LogP contribution is 2.38. The van der Waals surface area contributed by atoms with Crippen molar-refractivity contribution in [3.63, 3.8) is 0 Å². The van der Waals surface area contributed by atoms with Gasteiger partial charge in [0, 0.05) is 81.9 Å². The van der Waals surface area contributed by atoms with E-state index in [0.717, 1.165) is 22.9 Å². The first-order valence-corrected chi connectivity index (χ1v) is 23.2. The molecule has 22 heteroatoms. The van der Waals surface area contributed by atoms with Crippen molar-refractivity contribution >= 4 is 56.6 Å². The predicted octanol–water partition coefficient (Wildman–Crippen LogP) is 3.17. The molecule has 5 aromatic rings. The molecule has 3 fully saturated rings. The highest BCUT2D eigenvalue weighted by molar-refractivity contribution is 7.92. The lowest BCUT2D eigenvalue weighted by Crippen LogP contribution is -2.54. The Hall–Kier alpha value is -7.04. The molecular weight excluding hydrogens is 879 g/mol. The van der Waals surface area contributed by atoms with Gasteiger partial charge >= 0.3 is 0 Å². The number of hydrogen-bond acceptors (Lipinski definition) is 15. The van der Waals surface area contributed by atoms with E-state index in [1.807, 2.05) is 16.0 Å². The SMILES string of the molecule is COc1cc(F)ccc1-c1cc(Nc2cc(CS(C)(=O)=NC(=O)CN3CCN(Cc4cn(C5CN(c6cccc7c6C(=O)N(C6CCC(=O)NC6=O)C7=O)C5)nn4)CC3)ccn2)ncc1F. The van der Waals surface area contributed by atoms with Gasteiger partial charge in [-0.05, 0) is 54.4 Å². The molecule has 3 aromatic heterocycles. The number of nitrogens with zero attached hydrogens (tertiary/aromatic N) is 10. The average molecular weight is 923 g/mol. The van der Waals surface area contributed by atoms with Crippen LogP contribution in [0.25, 0.3) is 11.1 Å². The normalized spacial score (nSPS) is 19.0. The maximum atomic E-state index is 14.8. The molecule has 342 valence electrons. The van der Waals surface area contributed by atoms with E-state index in [0.29, 0.717) is 68.4 Å². The number of imide groups is 2. The second kappa shape index (κ2) is 18.1. The quantitative estimate of drug-likeness (QED) is 0.162. The topological polar surface area (TPSA) is 218 Å². The second-order valence-electron chi connectivity index (χ2n) is 16.6. The van der Waals surface area contributed by atoms with Gasteiger partial charge in [0.25, 0.3) is 17.7 Å². The molecular formula is C44H44F2N12O7S. The summed E-state index contributed by atoms with van der Waals surface area (Å²) in [4.78, 5) is 79.7. The van der Waals surface area contributed by atoms with Gasteiger partial charge in [0.2, 0.25) is 11.8 Å². The van der Waals surface area contributed by atoms with Crippen molar-refractivity contribution in [1.29, 1.82) is 0 Å². The highest BCUT2D eigenvalue weighted by Gasteiger charge is 2.47. The zero-order valence-corrected chi connectivity index (χ0v) is 36.7. The third-order valence-corrected chi connectivity index (χ3v) is 13.4. The fourth-order valence-electron chi connectivity index (χ4n) is 8.62. The second-order valence-corrected chi connectivity index (χ2v) is 19.0. The lowest BCUT2D eigenvalue weighted by molar-refractivity contribution is -0.136. The van der Waals surface area contributed by atoms with Crippen molar-refractivity contribution in [2.24, 2.45) is 4.36 Å². The summed E-state index contributed by atoms with van der Waals surface area (Å²) < 4.78 is 53.3. The van der Waals surface area contributed by atoms with E-state index in [2.05, 4.69) is 40.2 Å². The van der Waals surface area contributed by atoms with Gasteiger partial charge in [-0.2, -0.15) is 4.36 Å². The summed E-state index contributed by atoms with van der Waals surface area (Å²) in [6.07, 6.45) is 6.00. The number of aromatic nitrogens is 5. The minimum absolute atomic E-state index is 0.0156. The number of amides is 5. The Kier molecular flexibility index (Phi) is 12.1. The molecule has 5 amide bonds. The smallest absolute Gasteiger partial charge is 0.267 e. The van der Waals surface area contributed by atoms with Gasteiger partial charge in [0.05, 0.1) is 70.1 Å². The van der Waals surface area contributed by atoms with Crippen molar-refractivity contribution < 1.29 is 41.7 Å². The molecule has 66 heavy (non-hydrogen) atoms. The molecule has 2 aromatic carbocycles. The van der Waals surface area contributed by atoms with E-state index in [9.17, 15) is 37.0 Å². The molecule has 2 N–H and O–H groups in total. The number of carbonyl (C=O) groups excluding carboxylic acids is 5. The number of nitrogens with one attached hydrogen (secondary N) is 2. The molecule has 19 nitrogen and oxygen atoms in total. The number of benzene rings is 2. The molecule has 0 radical (unpaired) electrons. The number of fused-ring (bicyclic) bond motifs is 1. The Morgan fingerprint density at radius 3 is 2.48 bits per heavy atom. The number of pyridine rings is 2. The number of halogens is 2. The van der Waals surface area contributed by atoms with Crippen LogP contribution in [0, 0.1) is 11.6 Å². The third-order valence-electron chi connectivity index (χ3n) is 11.9. The molecule has 9 rings (SSSR count). The van der Waals surface area contributed by atoms with Crippen molar-refractivity contribution in [3.05, 3.63) is 107 Å². The molecule has 2 atom stereocenters. The van der Waals surface area contributed by atoms with Gasteiger partial charge in [0.1, 0.15) is 35.1 Å². The molecule has 3 saturated heterocycles. The fraction of sp³-hybridized carbons (Fsp3) is 0.341. The largest absolute Gasteiger partial charge is 0.496 e. The summed E-state index contributed by atoms with van der Waals surface area (Å²) >= 11 is 0. The summed E-state index contributed by atoms with van der Waals surface area (Å²) in [7, 11) is -1.61. The van der Waals surface area contributed by atoms with E-state index in [1.165, 1.54) is 37.8 Å². The first-order valence-electron chi connectivity index (χ1n) is 21.1. The summed E-state index contributed by atoms with van der Waals surface area (Å²) in [5.41, 5.74) is 2.94. The van der Waals surface area contributed by atoms with Crippen molar-refractivity contribution in [1.82, 2.24) is 45.0 Å². The standard InChI is InChI=1S/C44H44F2N12O7S/c1-65-36-17-27(45)6-7-30(36)32-18-38(48-19-33(32)46)49-37-16-26(10-11-47-37)25-66(2,64)52-40(60)24-55-14-12-54(13-15-55)20-28-21-57(53-51-28)29-22-56(23-29)34-5-3-4-31-41(34)44(63)58(43(31)62)35-8-9-39(59)50-42(35)61/h3-7,10-11,16-19,21,29,35H,8-9,12-15,20,22-25H2,1-2H3,(H,47,48,49)(H,50,59,61). The highest BCUT2D eigenvalue weighted by atomic mass is 32.2. The number of anilines is 3.